The Morgan fingerprint density at radius 1 is 1.22 bits per heavy atom. The summed E-state index contributed by atoms with van der Waals surface area (Å²) in [7, 11) is 0. The molecule has 1 aromatic carbocycles. The second-order valence-electron chi connectivity index (χ2n) is 5.49. The quantitative estimate of drug-likeness (QED) is 0.818. The summed E-state index contributed by atoms with van der Waals surface area (Å²) in [6, 6.07) is 6.34. The largest absolute Gasteiger partial charge is 0.337 e. The van der Waals surface area contributed by atoms with Crippen molar-refractivity contribution in [2.45, 2.75) is 38.1 Å². The van der Waals surface area contributed by atoms with Gasteiger partial charge in [0.15, 0.2) is 0 Å². The van der Waals surface area contributed by atoms with E-state index in [1.807, 2.05) is 11.0 Å². The van der Waals surface area contributed by atoms with Crippen molar-refractivity contribution >= 4 is 5.91 Å². The Hall–Kier alpha value is -1.35. The molecular weight excluding hydrogens is 224 g/mol. The van der Waals surface area contributed by atoms with Gasteiger partial charge in [-0.1, -0.05) is 6.07 Å². The molecule has 3 heteroatoms. The van der Waals surface area contributed by atoms with Gasteiger partial charge < -0.3 is 10.6 Å². The van der Waals surface area contributed by atoms with Crippen molar-refractivity contribution in [3.05, 3.63) is 34.9 Å². The van der Waals surface area contributed by atoms with Crippen LogP contribution in [0.1, 0.15) is 40.7 Å². The number of amides is 1. The first-order valence-electron chi connectivity index (χ1n) is 6.91. The summed E-state index contributed by atoms with van der Waals surface area (Å²) in [4.78, 5) is 14.3. The number of nitrogens with two attached hydrogens (primary N) is 1. The summed E-state index contributed by atoms with van der Waals surface area (Å²) in [6.45, 7) is 1.56. The zero-order valence-electron chi connectivity index (χ0n) is 10.7. The fourth-order valence-corrected chi connectivity index (χ4v) is 3.08. The van der Waals surface area contributed by atoms with Crippen LogP contribution in [-0.2, 0) is 12.8 Å². The topological polar surface area (TPSA) is 46.3 Å². The summed E-state index contributed by atoms with van der Waals surface area (Å²) in [5.74, 6) is 0.153. The van der Waals surface area contributed by atoms with E-state index in [9.17, 15) is 4.79 Å². The summed E-state index contributed by atoms with van der Waals surface area (Å²) >= 11 is 0. The molecule has 1 aromatic rings. The third-order valence-corrected chi connectivity index (χ3v) is 4.09. The van der Waals surface area contributed by atoms with Crippen molar-refractivity contribution in [2.24, 2.45) is 5.73 Å². The molecule has 3 rings (SSSR count). The molecule has 1 saturated heterocycles. The van der Waals surface area contributed by atoms with E-state index in [0.717, 1.165) is 31.4 Å². The van der Waals surface area contributed by atoms with Crippen molar-refractivity contribution < 1.29 is 4.79 Å². The van der Waals surface area contributed by atoms with Gasteiger partial charge in [-0.25, -0.2) is 0 Å². The highest BCUT2D eigenvalue weighted by atomic mass is 16.2. The van der Waals surface area contributed by atoms with E-state index < -0.39 is 0 Å². The van der Waals surface area contributed by atoms with Crippen LogP contribution in [-0.4, -0.2) is 29.9 Å². The van der Waals surface area contributed by atoms with E-state index in [4.69, 9.17) is 5.73 Å². The summed E-state index contributed by atoms with van der Waals surface area (Å²) < 4.78 is 0. The van der Waals surface area contributed by atoms with E-state index >= 15 is 0 Å². The van der Waals surface area contributed by atoms with Gasteiger partial charge >= 0.3 is 0 Å². The normalized spacial score (nSPS) is 22.9. The molecule has 1 atom stereocenters. The standard InChI is InChI=1S/C15H20N2O/c16-14-5-2-8-17(10-14)15(18)13-7-6-11-3-1-4-12(11)9-13/h6-7,9,14H,1-5,8,10,16H2/t14-/m1/s1. The smallest absolute Gasteiger partial charge is 0.253 e. The van der Waals surface area contributed by atoms with Crippen LogP contribution in [0.4, 0.5) is 0 Å². The highest BCUT2D eigenvalue weighted by molar-refractivity contribution is 5.94. The molecule has 2 N–H and O–H groups in total. The van der Waals surface area contributed by atoms with E-state index in [2.05, 4.69) is 12.1 Å². The molecular formula is C15H20N2O. The van der Waals surface area contributed by atoms with Crippen molar-refractivity contribution in [1.82, 2.24) is 4.90 Å². The zero-order chi connectivity index (χ0) is 12.5. The number of piperidine rings is 1. The van der Waals surface area contributed by atoms with E-state index in [0.29, 0.717) is 6.54 Å². The lowest BCUT2D eigenvalue weighted by molar-refractivity contribution is 0.0708. The molecule has 0 radical (unpaired) electrons. The number of likely N-dealkylation sites (tertiary alicyclic amines) is 1. The number of rotatable bonds is 1. The van der Waals surface area contributed by atoms with Crippen LogP contribution >= 0.6 is 0 Å². The van der Waals surface area contributed by atoms with Gasteiger partial charge in [-0.05, 0) is 55.4 Å². The SMILES string of the molecule is N[C@@H]1CCCN(C(=O)c2ccc3c(c2)CCC3)C1. The summed E-state index contributed by atoms with van der Waals surface area (Å²) in [5.41, 5.74) is 9.56. The number of fused-ring (bicyclic) bond motifs is 1. The molecule has 0 unspecified atom stereocenters. The minimum absolute atomic E-state index is 0.150. The van der Waals surface area contributed by atoms with Crippen LogP contribution in [0.5, 0.6) is 0 Å². The second kappa shape index (κ2) is 4.73. The molecule has 0 spiro atoms. The molecule has 1 fully saturated rings. The van der Waals surface area contributed by atoms with Crippen molar-refractivity contribution in [2.75, 3.05) is 13.1 Å². The van der Waals surface area contributed by atoms with Gasteiger partial charge in [0.1, 0.15) is 0 Å². The molecule has 3 nitrogen and oxygen atoms in total. The van der Waals surface area contributed by atoms with Gasteiger partial charge in [-0.2, -0.15) is 0 Å². The lowest BCUT2D eigenvalue weighted by Crippen LogP contribution is -2.45. The first-order valence-corrected chi connectivity index (χ1v) is 6.91. The fraction of sp³-hybridized carbons (Fsp3) is 0.533. The summed E-state index contributed by atoms with van der Waals surface area (Å²) in [5, 5.41) is 0. The Balaban J connectivity index is 1.79. The molecule has 1 aliphatic carbocycles. The lowest BCUT2D eigenvalue weighted by Gasteiger charge is -2.31. The van der Waals surface area contributed by atoms with Gasteiger partial charge in [0.2, 0.25) is 0 Å². The van der Waals surface area contributed by atoms with Gasteiger partial charge in [-0.3, -0.25) is 4.79 Å². The van der Waals surface area contributed by atoms with E-state index in [1.54, 1.807) is 0 Å². The highest BCUT2D eigenvalue weighted by Crippen LogP contribution is 2.24. The monoisotopic (exact) mass is 244 g/mol. The average molecular weight is 244 g/mol. The summed E-state index contributed by atoms with van der Waals surface area (Å²) in [6.07, 6.45) is 5.57. The maximum Gasteiger partial charge on any atom is 0.253 e. The van der Waals surface area contributed by atoms with Crippen molar-refractivity contribution in [3.63, 3.8) is 0 Å². The van der Waals surface area contributed by atoms with Gasteiger partial charge in [-0.15, -0.1) is 0 Å². The van der Waals surface area contributed by atoms with Crippen LogP contribution in [0.25, 0.3) is 0 Å². The van der Waals surface area contributed by atoms with Crippen molar-refractivity contribution in [1.29, 1.82) is 0 Å². The Labute approximate surface area is 108 Å². The molecule has 0 saturated carbocycles. The van der Waals surface area contributed by atoms with E-state index in [-0.39, 0.29) is 11.9 Å². The molecule has 1 aliphatic heterocycles. The maximum atomic E-state index is 12.4. The second-order valence-corrected chi connectivity index (χ2v) is 5.49. The van der Waals surface area contributed by atoms with Crippen LogP contribution in [0.3, 0.4) is 0 Å². The van der Waals surface area contributed by atoms with Gasteiger partial charge in [0.05, 0.1) is 0 Å². The van der Waals surface area contributed by atoms with E-state index in [1.165, 1.54) is 24.0 Å². The van der Waals surface area contributed by atoms with Crippen molar-refractivity contribution in [3.8, 4) is 0 Å². The molecule has 1 heterocycles. The first-order chi connectivity index (χ1) is 8.74. The molecule has 0 bridgehead atoms. The predicted octanol–water partition coefficient (Wildman–Crippen LogP) is 1.74. The number of nitrogens with zero attached hydrogens (tertiary/aromatic N) is 1. The molecule has 1 amide bonds. The zero-order valence-corrected chi connectivity index (χ0v) is 10.7. The third-order valence-electron chi connectivity index (χ3n) is 4.09. The van der Waals surface area contributed by atoms with Gasteiger partial charge in [0, 0.05) is 24.7 Å². The number of hydrogen-bond acceptors (Lipinski definition) is 2. The van der Waals surface area contributed by atoms with Crippen LogP contribution < -0.4 is 5.73 Å². The van der Waals surface area contributed by atoms with Crippen LogP contribution in [0.2, 0.25) is 0 Å². The fourth-order valence-electron chi connectivity index (χ4n) is 3.08. The molecule has 0 aromatic heterocycles. The average Bonchev–Trinajstić information content (AvgIpc) is 2.85. The minimum Gasteiger partial charge on any atom is -0.337 e. The lowest BCUT2D eigenvalue weighted by atomic mass is 10.0. The number of carbonyl (C=O) groups is 1. The van der Waals surface area contributed by atoms with Gasteiger partial charge in [0.25, 0.3) is 5.91 Å². The predicted molar refractivity (Wildman–Crippen MR) is 71.6 cm³/mol. The third kappa shape index (κ3) is 2.15. The number of benzene rings is 1. The number of hydrogen-bond donors (Lipinski definition) is 1. The Morgan fingerprint density at radius 2 is 2.06 bits per heavy atom. The highest BCUT2D eigenvalue weighted by Gasteiger charge is 2.23. The Morgan fingerprint density at radius 3 is 2.89 bits per heavy atom. The molecule has 96 valence electrons. The van der Waals surface area contributed by atoms with Crippen LogP contribution in [0.15, 0.2) is 18.2 Å². The molecule has 2 aliphatic rings. The minimum atomic E-state index is 0.150. The number of carbonyl (C=O) groups excluding carboxylic acids is 1. The maximum absolute atomic E-state index is 12.4. The van der Waals surface area contributed by atoms with Crippen LogP contribution in [0, 0.1) is 0 Å². The Bertz CT molecular complexity index is 470. The molecule has 18 heavy (non-hydrogen) atoms. The Kier molecular flexibility index (Phi) is 3.08. The number of aryl methyl sites for hydroxylation is 2. The first kappa shape index (κ1) is 11.7.